The molecule has 0 aliphatic heterocycles. The fourth-order valence-electron chi connectivity index (χ4n) is 3.72. The molecule has 2 amide bonds. The highest BCUT2D eigenvalue weighted by molar-refractivity contribution is 6.05. The third-order valence-electron chi connectivity index (χ3n) is 5.45. The standard InChI is InChI=1S/C24H25N7O3/c1-4-31(14-32)22-20(27-13-28-23(22)25-2)16-8-9-18-19(11-16)29-30-21(18)24(33)26-12-15-6-5-7-17(10-15)34-3/h5-11,13-14H,4,12H2,1-3H3,(H,26,33)(H,29,30)(H,25,27,28). The highest BCUT2D eigenvalue weighted by Crippen LogP contribution is 2.34. The molecule has 0 fully saturated rings. The molecule has 0 atom stereocenters. The van der Waals surface area contributed by atoms with Gasteiger partial charge in [-0.25, -0.2) is 9.97 Å². The molecule has 0 radical (unpaired) electrons. The van der Waals surface area contributed by atoms with Crippen LogP contribution < -0.4 is 20.3 Å². The molecule has 2 aromatic carbocycles. The first-order valence-corrected chi connectivity index (χ1v) is 10.7. The number of fused-ring (bicyclic) bond motifs is 1. The molecular weight excluding hydrogens is 434 g/mol. The van der Waals surface area contributed by atoms with Crippen molar-refractivity contribution in [1.29, 1.82) is 0 Å². The Hall–Kier alpha value is -4.47. The van der Waals surface area contributed by atoms with E-state index in [1.807, 2.05) is 49.4 Å². The second-order valence-electron chi connectivity index (χ2n) is 7.43. The van der Waals surface area contributed by atoms with E-state index in [0.717, 1.165) is 23.3 Å². The van der Waals surface area contributed by atoms with E-state index >= 15 is 0 Å². The maximum Gasteiger partial charge on any atom is 0.272 e. The number of hydrogen-bond acceptors (Lipinski definition) is 7. The van der Waals surface area contributed by atoms with Crippen LogP contribution in [0.5, 0.6) is 5.75 Å². The number of carbonyl (C=O) groups is 2. The van der Waals surface area contributed by atoms with Crippen molar-refractivity contribution in [3.8, 4) is 17.0 Å². The van der Waals surface area contributed by atoms with Gasteiger partial charge in [-0.15, -0.1) is 0 Å². The van der Waals surface area contributed by atoms with Gasteiger partial charge in [0, 0.05) is 31.1 Å². The van der Waals surface area contributed by atoms with E-state index in [0.29, 0.717) is 46.9 Å². The van der Waals surface area contributed by atoms with Crippen molar-refractivity contribution in [3.05, 3.63) is 60.0 Å². The number of carbonyl (C=O) groups excluding carboxylic acids is 2. The molecule has 10 nitrogen and oxygen atoms in total. The first-order chi connectivity index (χ1) is 16.6. The monoisotopic (exact) mass is 459 g/mol. The molecule has 0 saturated carbocycles. The number of aromatic nitrogens is 4. The maximum atomic E-state index is 12.8. The summed E-state index contributed by atoms with van der Waals surface area (Å²) in [6, 6.07) is 13.0. The van der Waals surface area contributed by atoms with Gasteiger partial charge in [-0.2, -0.15) is 5.10 Å². The van der Waals surface area contributed by atoms with Gasteiger partial charge in [0.05, 0.1) is 18.3 Å². The molecule has 2 aromatic heterocycles. The van der Waals surface area contributed by atoms with Gasteiger partial charge >= 0.3 is 0 Å². The topological polar surface area (TPSA) is 125 Å². The van der Waals surface area contributed by atoms with E-state index in [1.54, 1.807) is 14.2 Å². The van der Waals surface area contributed by atoms with Crippen LogP contribution in [0.25, 0.3) is 22.2 Å². The van der Waals surface area contributed by atoms with Gasteiger partial charge in [-0.3, -0.25) is 14.7 Å². The first-order valence-electron chi connectivity index (χ1n) is 10.7. The number of aromatic amines is 1. The van der Waals surface area contributed by atoms with Crippen LogP contribution in [-0.4, -0.2) is 53.2 Å². The Morgan fingerprint density at radius 2 is 2.06 bits per heavy atom. The van der Waals surface area contributed by atoms with Crippen LogP contribution in [0.4, 0.5) is 11.5 Å². The lowest BCUT2D eigenvalue weighted by Gasteiger charge is -2.21. The number of amides is 2. The lowest BCUT2D eigenvalue weighted by molar-refractivity contribution is -0.107. The van der Waals surface area contributed by atoms with E-state index in [1.165, 1.54) is 11.2 Å². The van der Waals surface area contributed by atoms with Crippen molar-refractivity contribution < 1.29 is 14.3 Å². The van der Waals surface area contributed by atoms with Gasteiger partial charge in [-0.1, -0.05) is 18.2 Å². The highest BCUT2D eigenvalue weighted by atomic mass is 16.5. The van der Waals surface area contributed by atoms with Crippen LogP contribution in [0, 0.1) is 0 Å². The average Bonchev–Trinajstić information content (AvgIpc) is 3.31. The van der Waals surface area contributed by atoms with Gasteiger partial charge in [0.1, 0.15) is 17.8 Å². The van der Waals surface area contributed by atoms with E-state index in [2.05, 4.69) is 30.8 Å². The normalized spacial score (nSPS) is 10.7. The van der Waals surface area contributed by atoms with Crippen LogP contribution in [0.15, 0.2) is 48.8 Å². The van der Waals surface area contributed by atoms with E-state index < -0.39 is 0 Å². The zero-order valence-electron chi connectivity index (χ0n) is 19.1. The summed E-state index contributed by atoms with van der Waals surface area (Å²) in [4.78, 5) is 34.7. The molecule has 4 aromatic rings. The summed E-state index contributed by atoms with van der Waals surface area (Å²) >= 11 is 0. The fraction of sp³-hybridized carbons (Fsp3) is 0.208. The maximum absolute atomic E-state index is 12.8. The van der Waals surface area contributed by atoms with Crippen LogP contribution >= 0.6 is 0 Å². The van der Waals surface area contributed by atoms with Crippen LogP contribution in [0.2, 0.25) is 0 Å². The van der Waals surface area contributed by atoms with Crippen molar-refractivity contribution in [2.75, 3.05) is 30.9 Å². The minimum absolute atomic E-state index is 0.292. The second kappa shape index (κ2) is 9.99. The Morgan fingerprint density at radius 3 is 2.79 bits per heavy atom. The Bertz CT molecular complexity index is 1340. The van der Waals surface area contributed by atoms with E-state index in [4.69, 9.17) is 4.74 Å². The zero-order valence-corrected chi connectivity index (χ0v) is 19.1. The summed E-state index contributed by atoms with van der Waals surface area (Å²) in [5, 5.41) is 13.7. The number of ether oxygens (including phenoxy) is 1. The molecule has 2 heterocycles. The van der Waals surface area contributed by atoms with Gasteiger partial charge in [-0.05, 0) is 36.8 Å². The fourth-order valence-corrected chi connectivity index (χ4v) is 3.72. The first kappa shape index (κ1) is 22.7. The summed E-state index contributed by atoms with van der Waals surface area (Å²) in [5.74, 6) is 0.979. The highest BCUT2D eigenvalue weighted by Gasteiger charge is 2.20. The predicted octanol–water partition coefficient (Wildman–Crippen LogP) is 2.98. The van der Waals surface area contributed by atoms with E-state index in [-0.39, 0.29) is 5.91 Å². The number of hydrogen-bond donors (Lipinski definition) is 3. The van der Waals surface area contributed by atoms with Crippen molar-refractivity contribution in [1.82, 2.24) is 25.5 Å². The molecule has 4 rings (SSSR count). The Morgan fingerprint density at radius 1 is 1.21 bits per heavy atom. The molecule has 0 spiro atoms. The lowest BCUT2D eigenvalue weighted by atomic mass is 10.1. The predicted molar refractivity (Wildman–Crippen MR) is 130 cm³/mol. The van der Waals surface area contributed by atoms with Gasteiger partial charge in [0.15, 0.2) is 11.5 Å². The molecule has 0 aliphatic rings. The molecule has 0 saturated heterocycles. The molecule has 3 N–H and O–H groups in total. The number of methoxy groups -OCH3 is 1. The SMILES string of the molecule is CCN(C=O)c1c(NC)ncnc1-c1ccc2c(C(=O)NCc3cccc(OC)c3)n[nH]c2c1. The summed E-state index contributed by atoms with van der Waals surface area (Å²) in [6.45, 7) is 2.68. The number of benzene rings is 2. The van der Waals surface area contributed by atoms with Crippen molar-refractivity contribution in [3.63, 3.8) is 0 Å². The quantitative estimate of drug-likeness (QED) is 0.329. The third kappa shape index (κ3) is 4.38. The number of rotatable bonds is 9. The minimum atomic E-state index is -0.292. The molecule has 10 heteroatoms. The van der Waals surface area contributed by atoms with Crippen molar-refractivity contribution in [2.45, 2.75) is 13.5 Å². The summed E-state index contributed by atoms with van der Waals surface area (Å²) in [5.41, 5.74) is 3.82. The number of nitrogens with zero attached hydrogens (tertiary/aromatic N) is 4. The molecule has 174 valence electrons. The summed E-state index contributed by atoms with van der Waals surface area (Å²) in [6.07, 6.45) is 2.19. The van der Waals surface area contributed by atoms with Crippen molar-refractivity contribution in [2.24, 2.45) is 0 Å². The molecule has 0 aliphatic carbocycles. The minimum Gasteiger partial charge on any atom is -0.497 e. The van der Waals surface area contributed by atoms with Gasteiger partial charge in [0.2, 0.25) is 6.41 Å². The summed E-state index contributed by atoms with van der Waals surface area (Å²) in [7, 11) is 3.34. The van der Waals surface area contributed by atoms with Crippen LogP contribution in [0.3, 0.4) is 0 Å². The Kier molecular flexibility index (Phi) is 6.67. The van der Waals surface area contributed by atoms with Crippen molar-refractivity contribution >= 4 is 34.7 Å². The Labute approximate surface area is 196 Å². The average molecular weight is 460 g/mol. The van der Waals surface area contributed by atoms with E-state index in [9.17, 15) is 9.59 Å². The second-order valence-corrected chi connectivity index (χ2v) is 7.43. The smallest absolute Gasteiger partial charge is 0.272 e. The molecular formula is C24H25N7O3. The summed E-state index contributed by atoms with van der Waals surface area (Å²) < 4.78 is 5.23. The third-order valence-corrected chi connectivity index (χ3v) is 5.45. The number of H-pyrrole nitrogens is 1. The van der Waals surface area contributed by atoms with Gasteiger partial charge in [0.25, 0.3) is 5.91 Å². The zero-order chi connectivity index (χ0) is 24.1. The largest absolute Gasteiger partial charge is 0.497 e. The molecule has 0 bridgehead atoms. The molecule has 34 heavy (non-hydrogen) atoms. The molecule has 0 unspecified atom stereocenters. The van der Waals surface area contributed by atoms with Crippen LogP contribution in [0.1, 0.15) is 23.0 Å². The van der Waals surface area contributed by atoms with Gasteiger partial charge < -0.3 is 20.3 Å². The van der Waals surface area contributed by atoms with Crippen LogP contribution in [-0.2, 0) is 11.3 Å². The lowest BCUT2D eigenvalue weighted by Crippen LogP contribution is -2.23. The number of anilines is 2. The number of nitrogens with one attached hydrogen (secondary N) is 3. The Balaban J connectivity index is 1.63.